The molecule has 2 heterocycles. The minimum Gasteiger partial charge on any atom is -0.478 e. The van der Waals surface area contributed by atoms with Crippen LogP contribution in [0.2, 0.25) is 0 Å². The van der Waals surface area contributed by atoms with Crippen molar-refractivity contribution in [2.45, 2.75) is 6.54 Å². The highest BCUT2D eigenvalue weighted by Crippen LogP contribution is 2.19. The molecule has 1 N–H and O–H groups in total. The third-order valence-electron chi connectivity index (χ3n) is 2.57. The number of carboxylic acid groups (broad SMARTS) is 1. The van der Waals surface area contributed by atoms with E-state index in [9.17, 15) is 4.79 Å². The zero-order valence-corrected chi connectivity index (χ0v) is 9.95. The Morgan fingerprint density at radius 1 is 1.33 bits per heavy atom. The fraction of sp³-hybridized carbons (Fsp3) is 0.154. The van der Waals surface area contributed by atoms with Gasteiger partial charge in [0.2, 0.25) is 0 Å². The molecule has 2 aromatic rings. The maximum absolute atomic E-state index is 11.1. The smallest absolute Gasteiger partial charge is 0.339 e. The lowest BCUT2D eigenvalue weighted by atomic mass is 10.2. The summed E-state index contributed by atoms with van der Waals surface area (Å²) in [4.78, 5) is 21.0. The van der Waals surface area contributed by atoms with Gasteiger partial charge in [0.15, 0.2) is 0 Å². The third-order valence-corrected chi connectivity index (χ3v) is 2.57. The predicted molar refractivity (Wildman–Crippen MR) is 67.5 cm³/mol. The number of rotatable bonds is 4. The summed E-state index contributed by atoms with van der Waals surface area (Å²) in [5, 5.41) is 9.10. The summed E-state index contributed by atoms with van der Waals surface area (Å²) < 4.78 is 0. The summed E-state index contributed by atoms with van der Waals surface area (Å²) in [6, 6.07) is 7.34. The molecule has 0 fully saturated rings. The molecule has 0 saturated heterocycles. The first-order valence-corrected chi connectivity index (χ1v) is 5.47. The van der Waals surface area contributed by atoms with Gasteiger partial charge in [-0.1, -0.05) is 6.07 Å². The van der Waals surface area contributed by atoms with E-state index in [1.807, 2.05) is 30.1 Å². The Morgan fingerprint density at radius 2 is 2.17 bits per heavy atom. The van der Waals surface area contributed by atoms with Crippen LogP contribution in [0.1, 0.15) is 16.1 Å². The average Bonchev–Trinajstić information content (AvgIpc) is 2.40. The molecule has 5 nitrogen and oxygen atoms in total. The maximum Gasteiger partial charge on any atom is 0.339 e. The monoisotopic (exact) mass is 243 g/mol. The number of anilines is 1. The van der Waals surface area contributed by atoms with Crippen LogP contribution in [0.15, 0.2) is 42.9 Å². The summed E-state index contributed by atoms with van der Waals surface area (Å²) in [5.74, 6) is -0.981. The molecule has 18 heavy (non-hydrogen) atoms. The molecule has 0 aromatic carbocycles. The van der Waals surface area contributed by atoms with Gasteiger partial charge in [-0.05, 0) is 18.2 Å². The number of pyridine rings is 2. The fourth-order valence-corrected chi connectivity index (χ4v) is 1.70. The Kier molecular flexibility index (Phi) is 3.52. The van der Waals surface area contributed by atoms with E-state index in [0.29, 0.717) is 12.2 Å². The minimum absolute atomic E-state index is 0.191. The van der Waals surface area contributed by atoms with Gasteiger partial charge in [-0.25, -0.2) is 4.79 Å². The first-order valence-electron chi connectivity index (χ1n) is 5.47. The van der Waals surface area contributed by atoms with Crippen LogP contribution in [-0.2, 0) is 6.54 Å². The van der Waals surface area contributed by atoms with E-state index in [1.165, 1.54) is 6.20 Å². The fourth-order valence-electron chi connectivity index (χ4n) is 1.70. The largest absolute Gasteiger partial charge is 0.478 e. The van der Waals surface area contributed by atoms with Crippen LogP contribution in [0.5, 0.6) is 0 Å². The number of nitrogens with zero attached hydrogens (tertiary/aromatic N) is 3. The highest BCUT2D eigenvalue weighted by Gasteiger charge is 2.13. The van der Waals surface area contributed by atoms with E-state index in [1.54, 1.807) is 18.5 Å². The third kappa shape index (κ3) is 2.63. The Balaban J connectivity index is 2.24. The van der Waals surface area contributed by atoms with Crippen molar-refractivity contribution in [1.82, 2.24) is 9.97 Å². The zero-order valence-electron chi connectivity index (χ0n) is 9.95. The van der Waals surface area contributed by atoms with Crippen molar-refractivity contribution in [3.8, 4) is 0 Å². The van der Waals surface area contributed by atoms with Gasteiger partial charge in [0.05, 0.1) is 17.9 Å². The van der Waals surface area contributed by atoms with Crippen LogP contribution in [0.4, 0.5) is 5.69 Å². The van der Waals surface area contributed by atoms with Crippen molar-refractivity contribution in [2.24, 2.45) is 0 Å². The Hall–Kier alpha value is -2.43. The summed E-state index contributed by atoms with van der Waals surface area (Å²) in [6.07, 6.45) is 4.65. The Morgan fingerprint density at radius 3 is 2.83 bits per heavy atom. The van der Waals surface area contributed by atoms with Crippen molar-refractivity contribution in [1.29, 1.82) is 0 Å². The van der Waals surface area contributed by atoms with Crippen molar-refractivity contribution in [2.75, 3.05) is 11.9 Å². The summed E-state index contributed by atoms with van der Waals surface area (Å²) in [5.41, 5.74) is 1.70. The highest BCUT2D eigenvalue weighted by molar-refractivity contribution is 5.93. The molecule has 0 atom stereocenters. The van der Waals surface area contributed by atoms with E-state index in [0.717, 1.165) is 5.69 Å². The second-order valence-electron chi connectivity index (χ2n) is 3.88. The summed E-state index contributed by atoms with van der Waals surface area (Å²) in [7, 11) is 1.83. The van der Waals surface area contributed by atoms with E-state index in [4.69, 9.17) is 5.11 Å². The number of hydrogen-bond acceptors (Lipinski definition) is 4. The van der Waals surface area contributed by atoms with Gasteiger partial charge in [0, 0.05) is 25.6 Å². The first kappa shape index (κ1) is 12.0. The Labute approximate surface area is 105 Å². The molecule has 0 amide bonds. The maximum atomic E-state index is 11.1. The Bertz CT molecular complexity index is 543. The molecular weight excluding hydrogens is 230 g/mol. The average molecular weight is 243 g/mol. The van der Waals surface area contributed by atoms with Crippen LogP contribution in [0.25, 0.3) is 0 Å². The minimum atomic E-state index is -0.981. The van der Waals surface area contributed by atoms with Crippen LogP contribution in [0, 0.1) is 0 Å². The quantitative estimate of drug-likeness (QED) is 0.887. The van der Waals surface area contributed by atoms with Crippen LogP contribution in [0.3, 0.4) is 0 Å². The van der Waals surface area contributed by atoms with Crippen LogP contribution in [-0.4, -0.2) is 28.1 Å². The molecule has 5 heteroatoms. The lowest BCUT2D eigenvalue weighted by Gasteiger charge is -2.20. The summed E-state index contributed by atoms with van der Waals surface area (Å²) in [6.45, 7) is 0.547. The highest BCUT2D eigenvalue weighted by atomic mass is 16.4. The van der Waals surface area contributed by atoms with Gasteiger partial charge in [-0.2, -0.15) is 0 Å². The van der Waals surface area contributed by atoms with Crippen LogP contribution >= 0.6 is 0 Å². The van der Waals surface area contributed by atoms with Crippen molar-refractivity contribution in [3.63, 3.8) is 0 Å². The van der Waals surface area contributed by atoms with Gasteiger partial charge in [-0.3, -0.25) is 9.97 Å². The zero-order chi connectivity index (χ0) is 13.0. The molecule has 0 aliphatic heterocycles. The molecule has 0 saturated carbocycles. The second-order valence-corrected chi connectivity index (χ2v) is 3.88. The molecule has 0 aliphatic rings. The molecule has 0 unspecified atom stereocenters. The SMILES string of the molecule is CN(Cc1ccccn1)c1ccncc1C(=O)O. The topological polar surface area (TPSA) is 66.3 Å². The number of carbonyl (C=O) groups is 1. The van der Waals surface area contributed by atoms with E-state index in [2.05, 4.69) is 9.97 Å². The molecule has 2 rings (SSSR count). The standard InChI is InChI=1S/C13H13N3O2/c1-16(9-10-4-2-3-6-15-10)12-5-7-14-8-11(12)13(17)18/h2-8H,9H2,1H3,(H,17,18). The molecule has 2 aromatic heterocycles. The molecule has 0 spiro atoms. The normalized spacial score (nSPS) is 10.1. The van der Waals surface area contributed by atoms with E-state index < -0.39 is 5.97 Å². The second kappa shape index (κ2) is 5.27. The van der Waals surface area contributed by atoms with Gasteiger partial charge < -0.3 is 10.0 Å². The van der Waals surface area contributed by atoms with Crippen molar-refractivity contribution in [3.05, 3.63) is 54.1 Å². The number of aromatic nitrogens is 2. The van der Waals surface area contributed by atoms with Gasteiger partial charge in [0.1, 0.15) is 5.56 Å². The number of carboxylic acids is 1. The van der Waals surface area contributed by atoms with Crippen LogP contribution < -0.4 is 4.90 Å². The molecule has 0 aliphatic carbocycles. The lowest BCUT2D eigenvalue weighted by molar-refractivity contribution is 0.0697. The molecule has 92 valence electrons. The van der Waals surface area contributed by atoms with Crippen molar-refractivity contribution >= 4 is 11.7 Å². The lowest BCUT2D eigenvalue weighted by Crippen LogP contribution is -2.20. The first-order chi connectivity index (χ1) is 8.68. The number of hydrogen-bond donors (Lipinski definition) is 1. The van der Waals surface area contributed by atoms with E-state index in [-0.39, 0.29) is 5.56 Å². The molecule has 0 radical (unpaired) electrons. The molecule has 0 bridgehead atoms. The molecular formula is C13H13N3O2. The van der Waals surface area contributed by atoms with Crippen molar-refractivity contribution < 1.29 is 9.90 Å². The number of aromatic carboxylic acids is 1. The van der Waals surface area contributed by atoms with Gasteiger partial charge in [-0.15, -0.1) is 0 Å². The van der Waals surface area contributed by atoms with E-state index >= 15 is 0 Å². The summed E-state index contributed by atoms with van der Waals surface area (Å²) >= 11 is 0. The predicted octanol–water partition coefficient (Wildman–Crippen LogP) is 1.81. The van der Waals surface area contributed by atoms with Gasteiger partial charge >= 0.3 is 5.97 Å². The van der Waals surface area contributed by atoms with Gasteiger partial charge in [0.25, 0.3) is 0 Å².